The lowest BCUT2D eigenvalue weighted by Gasteiger charge is -2.07. The Morgan fingerprint density at radius 3 is 2.47 bits per heavy atom. The third-order valence-corrected chi connectivity index (χ3v) is 2.22. The van der Waals surface area contributed by atoms with Gasteiger partial charge in [0, 0.05) is 0 Å². The van der Waals surface area contributed by atoms with Crippen molar-refractivity contribution < 1.29 is 23.9 Å². The van der Waals surface area contributed by atoms with E-state index in [1.165, 1.54) is 18.2 Å². The molecule has 0 saturated heterocycles. The molecule has 5 heteroatoms. The summed E-state index contributed by atoms with van der Waals surface area (Å²) in [7, 11) is 0. The Labute approximate surface area is 97.3 Å². The third kappa shape index (κ3) is 2.04. The van der Waals surface area contributed by atoms with Gasteiger partial charge in [0.05, 0.1) is 22.8 Å². The average molecular weight is 234 g/mol. The van der Waals surface area contributed by atoms with Crippen LogP contribution in [-0.4, -0.2) is 24.0 Å². The van der Waals surface area contributed by atoms with Crippen molar-refractivity contribution in [1.82, 2.24) is 0 Å². The number of hydrogen-bond acceptors (Lipinski definition) is 5. The molecule has 0 radical (unpaired) electrons. The van der Waals surface area contributed by atoms with Crippen molar-refractivity contribution in [3.05, 3.63) is 34.9 Å². The van der Waals surface area contributed by atoms with Crippen LogP contribution in [0.2, 0.25) is 0 Å². The minimum absolute atomic E-state index is 0.105. The summed E-state index contributed by atoms with van der Waals surface area (Å²) >= 11 is 0. The molecule has 17 heavy (non-hydrogen) atoms. The maximum Gasteiger partial charge on any atom is 0.346 e. The normalized spacial score (nSPS) is 13.6. The van der Waals surface area contributed by atoms with Crippen LogP contribution in [0.4, 0.5) is 0 Å². The summed E-state index contributed by atoms with van der Waals surface area (Å²) in [5.74, 6) is -1.95. The van der Waals surface area contributed by atoms with Gasteiger partial charge >= 0.3 is 17.9 Å². The molecule has 0 saturated carbocycles. The number of benzene rings is 1. The van der Waals surface area contributed by atoms with E-state index in [-0.39, 0.29) is 22.8 Å². The van der Waals surface area contributed by atoms with E-state index < -0.39 is 17.9 Å². The molecule has 0 bridgehead atoms. The van der Waals surface area contributed by atoms with Gasteiger partial charge in [0.2, 0.25) is 0 Å². The van der Waals surface area contributed by atoms with Gasteiger partial charge in [-0.15, -0.1) is 0 Å². The lowest BCUT2D eigenvalue weighted by atomic mass is 10.1. The fraction of sp³-hybridized carbons (Fsp3) is 0.250. The molecular formula is C12H10O5. The maximum atomic E-state index is 11.6. The summed E-state index contributed by atoms with van der Waals surface area (Å²) in [6.45, 7) is 3.45. The minimum Gasteiger partial charge on any atom is -0.459 e. The SMILES string of the molecule is CC(C)OC(=O)c1ccc2c(c1)C(=O)OC2=O. The Balaban J connectivity index is 2.35. The van der Waals surface area contributed by atoms with Gasteiger partial charge in [0.25, 0.3) is 0 Å². The lowest BCUT2D eigenvalue weighted by Crippen LogP contribution is -2.12. The molecule has 0 amide bonds. The molecule has 1 aromatic carbocycles. The molecule has 1 heterocycles. The zero-order chi connectivity index (χ0) is 12.6. The van der Waals surface area contributed by atoms with E-state index in [0.29, 0.717) is 0 Å². The first-order chi connectivity index (χ1) is 7.99. The molecule has 1 aliphatic rings. The van der Waals surface area contributed by atoms with Gasteiger partial charge in [-0.1, -0.05) is 0 Å². The van der Waals surface area contributed by atoms with E-state index >= 15 is 0 Å². The summed E-state index contributed by atoms with van der Waals surface area (Å²) in [5.41, 5.74) is 0.508. The Morgan fingerprint density at radius 2 is 1.82 bits per heavy atom. The number of carbonyl (C=O) groups excluding carboxylic acids is 3. The summed E-state index contributed by atoms with van der Waals surface area (Å²) in [6, 6.07) is 4.14. The number of hydrogen-bond donors (Lipinski definition) is 0. The summed E-state index contributed by atoms with van der Waals surface area (Å²) < 4.78 is 9.40. The predicted molar refractivity (Wildman–Crippen MR) is 56.7 cm³/mol. The minimum atomic E-state index is -0.732. The van der Waals surface area contributed by atoms with Crippen molar-refractivity contribution in [2.24, 2.45) is 0 Å². The van der Waals surface area contributed by atoms with Crippen molar-refractivity contribution in [1.29, 1.82) is 0 Å². The summed E-state index contributed by atoms with van der Waals surface area (Å²) in [4.78, 5) is 34.0. The molecule has 0 aliphatic carbocycles. The third-order valence-electron chi connectivity index (χ3n) is 2.22. The quantitative estimate of drug-likeness (QED) is 0.573. The van der Waals surface area contributed by atoms with Gasteiger partial charge in [-0.25, -0.2) is 14.4 Å². The average Bonchev–Trinajstić information content (AvgIpc) is 2.53. The highest BCUT2D eigenvalue weighted by atomic mass is 16.6. The van der Waals surface area contributed by atoms with Gasteiger partial charge in [0.1, 0.15) is 0 Å². The first-order valence-electron chi connectivity index (χ1n) is 5.10. The summed E-state index contributed by atoms with van der Waals surface area (Å²) in [6.07, 6.45) is -0.246. The van der Waals surface area contributed by atoms with Gasteiger partial charge in [-0.05, 0) is 32.0 Å². The Hall–Kier alpha value is -2.17. The number of ether oxygens (including phenoxy) is 2. The van der Waals surface area contributed by atoms with Gasteiger partial charge in [-0.2, -0.15) is 0 Å². The second kappa shape index (κ2) is 4.01. The van der Waals surface area contributed by atoms with Crippen molar-refractivity contribution in [3.8, 4) is 0 Å². The molecule has 0 atom stereocenters. The monoisotopic (exact) mass is 234 g/mol. The molecule has 0 unspecified atom stereocenters. The van der Waals surface area contributed by atoms with Gasteiger partial charge in [-0.3, -0.25) is 0 Å². The topological polar surface area (TPSA) is 69.7 Å². The van der Waals surface area contributed by atoms with E-state index in [4.69, 9.17) is 4.74 Å². The number of esters is 3. The smallest absolute Gasteiger partial charge is 0.346 e. The summed E-state index contributed by atoms with van der Waals surface area (Å²) in [5, 5.41) is 0. The van der Waals surface area contributed by atoms with Crippen molar-refractivity contribution in [2.75, 3.05) is 0 Å². The molecule has 88 valence electrons. The first kappa shape index (κ1) is 11.3. The fourth-order valence-corrected chi connectivity index (χ4v) is 1.49. The van der Waals surface area contributed by atoms with Crippen LogP contribution in [-0.2, 0) is 9.47 Å². The van der Waals surface area contributed by atoms with Crippen LogP contribution < -0.4 is 0 Å². The highest BCUT2D eigenvalue weighted by Crippen LogP contribution is 2.21. The van der Waals surface area contributed by atoms with Crippen LogP contribution in [0.15, 0.2) is 18.2 Å². The van der Waals surface area contributed by atoms with Crippen molar-refractivity contribution in [3.63, 3.8) is 0 Å². The number of rotatable bonds is 2. The van der Waals surface area contributed by atoms with Gasteiger partial charge in [0.15, 0.2) is 0 Å². The second-order valence-electron chi connectivity index (χ2n) is 3.89. The van der Waals surface area contributed by atoms with E-state index in [0.717, 1.165) is 0 Å². The molecule has 2 rings (SSSR count). The zero-order valence-electron chi connectivity index (χ0n) is 9.35. The van der Waals surface area contributed by atoms with Crippen LogP contribution in [0, 0.1) is 0 Å². The molecule has 0 aromatic heterocycles. The standard InChI is InChI=1S/C12H10O5/c1-6(2)16-10(13)7-3-4-8-9(5-7)12(15)17-11(8)14/h3-6H,1-2H3. The number of carbonyl (C=O) groups is 3. The first-order valence-corrected chi connectivity index (χ1v) is 5.10. The van der Waals surface area contributed by atoms with Gasteiger partial charge < -0.3 is 9.47 Å². The van der Waals surface area contributed by atoms with Crippen LogP contribution >= 0.6 is 0 Å². The molecular weight excluding hydrogens is 224 g/mol. The molecule has 0 spiro atoms. The lowest BCUT2D eigenvalue weighted by molar-refractivity contribution is 0.0376. The van der Waals surface area contributed by atoms with Crippen LogP contribution in [0.25, 0.3) is 0 Å². The van der Waals surface area contributed by atoms with E-state index in [9.17, 15) is 14.4 Å². The molecule has 1 aliphatic heterocycles. The van der Waals surface area contributed by atoms with Crippen LogP contribution in [0.3, 0.4) is 0 Å². The second-order valence-corrected chi connectivity index (χ2v) is 3.89. The van der Waals surface area contributed by atoms with Crippen molar-refractivity contribution in [2.45, 2.75) is 20.0 Å². The van der Waals surface area contributed by atoms with Crippen LogP contribution in [0.5, 0.6) is 0 Å². The number of fused-ring (bicyclic) bond motifs is 1. The van der Waals surface area contributed by atoms with E-state index in [2.05, 4.69) is 4.74 Å². The maximum absolute atomic E-state index is 11.6. The van der Waals surface area contributed by atoms with E-state index in [1.54, 1.807) is 13.8 Å². The zero-order valence-corrected chi connectivity index (χ0v) is 9.35. The highest BCUT2D eigenvalue weighted by molar-refractivity contribution is 6.15. The largest absolute Gasteiger partial charge is 0.459 e. The molecule has 0 fully saturated rings. The molecule has 5 nitrogen and oxygen atoms in total. The highest BCUT2D eigenvalue weighted by Gasteiger charge is 2.30. The van der Waals surface area contributed by atoms with Crippen LogP contribution in [0.1, 0.15) is 44.9 Å². The Bertz CT molecular complexity index is 516. The predicted octanol–water partition coefficient (Wildman–Crippen LogP) is 1.56. The molecule has 1 aromatic rings. The van der Waals surface area contributed by atoms with E-state index in [1.807, 2.05) is 0 Å². The van der Waals surface area contributed by atoms with Crippen molar-refractivity contribution >= 4 is 17.9 Å². The fourth-order valence-electron chi connectivity index (χ4n) is 1.49. The molecule has 0 N–H and O–H groups in total. The number of cyclic esters (lactones) is 2. The Kier molecular flexibility index (Phi) is 2.67. The Morgan fingerprint density at radius 1 is 1.18 bits per heavy atom.